The van der Waals surface area contributed by atoms with Gasteiger partial charge in [-0.05, 0) is 30.7 Å². The zero-order valence-electron chi connectivity index (χ0n) is 12.7. The van der Waals surface area contributed by atoms with E-state index >= 15 is 0 Å². The Morgan fingerprint density at radius 2 is 1.91 bits per heavy atom. The highest BCUT2D eigenvalue weighted by Gasteiger charge is 2.11. The number of para-hydroxylation sites is 1. The first-order valence-corrected chi connectivity index (χ1v) is 7.30. The number of hydrogen-bond donors (Lipinski definition) is 1. The highest BCUT2D eigenvalue weighted by atomic mass is 16.4. The number of rotatable bonds is 5. The Balaban J connectivity index is 1.58. The summed E-state index contributed by atoms with van der Waals surface area (Å²) in [7, 11) is 0. The number of hydrogen-bond acceptors (Lipinski definition) is 5. The first-order valence-electron chi connectivity index (χ1n) is 7.30. The third-order valence-electron chi connectivity index (χ3n) is 3.38. The molecule has 2 aromatic heterocycles. The standard InChI is InChI=1S/C17H16N4O2/c1-12-4-2-3-5-14(12)19-15(22)6-7-16-20-21-17(23-16)13-8-10-18-11-9-13/h2-5,8-11H,6-7H2,1H3,(H,19,22). The number of amides is 1. The van der Waals surface area contributed by atoms with Crippen molar-refractivity contribution in [3.05, 3.63) is 60.2 Å². The maximum absolute atomic E-state index is 12.0. The van der Waals surface area contributed by atoms with Gasteiger partial charge in [-0.2, -0.15) is 0 Å². The molecule has 6 heteroatoms. The van der Waals surface area contributed by atoms with Gasteiger partial charge in [0.15, 0.2) is 0 Å². The Morgan fingerprint density at radius 1 is 1.13 bits per heavy atom. The molecule has 3 rings (SSSR count). The van der Waals surface area contributed by atoms with Crippen LogP contribution in [0.4, 0.5) is 5.69 Å². The Kier molecular flexibility index (Phi) is 4.42. The Bertz CT molecular complexity index is 799. The number of benzene rings is 1. The monoisotopic (exact) mass is 308 g/mol. The molecule has 1 amide bonds. The molecular weight excluding hydrogens is 292 g/mol. The number of carbonyl (C=O) groups is 1. The van der Waals surface area contributed by atoms with Crippen molar-refractivity contribution in [2.45, 2.75) is 19.8 Å². The molecule has 0 bridgehead atoms. The van der Waals surface area contributed by atoms with Gasteiger partial charge in [0.25, 0.3) is 0 Å². The largest absolute Gasteiger partial charge is 0.421 e. The summed E-state index contributed by atoms with van der Waals surface area (Å²) in [6.07, 6.45) is 4.01. The molecule has 0 aliphatic carbocycles. The minimum Gasteiger partial charge on any atom is -0.421 e. The lowest BCUT2D eigenvalue weighted by molar-refractivity contribution is -0.116. The van der Waals surface area contributed by atoms with Crippen molar-refractivity contribution in [1.29, 1.82) is 0 Å². The van der Waals surface area contributed by atoms with E-state index in [9.17, 15) is 4.79 Å². The molecule has 0 unspecified atom stereocenters. The summed E-state index contributed by atoms with van der Waals surface area (Å²) in [5.41, 5.74) is 2.65. The van der Waals surface area contributed by atoms with E-state index < -0.39 is 0 Å². The predicted molar refractivity (Wildman–Crippen MR) is 85.7 cm³/mol. The number of nitrogens with one attached hydrogen (secondary N) is 1. The van der Waals surface area contributed by atoms with Crippen molar-refractivity contribution in [3.8, 4) is 11.5 Å². The van der Waals surface area contributed by atoms with E-state index in [4.69, 9.17) is 4.42 Å². The Morgan fingerprint density at radius 3 is 2.70 bits per heavy atom. The van der Waals surface area contributed by atoms with Gasteiger partial charge in [0.2, 0.25) is 17.7 Å². The summed E-state index contributed by atoms with van der Waals surface area (Å²) in [4.78, 5) is 15.9. The van der Waals surface area contributed by atoms with E-state index in [0.717, 1.165) is 16.8 Å². The van der Waals surface area contributed by atoms with Crippen molar-refractivity contribution in [1.82, 2.24) is 15.2 Å². The highest BCUT2D eigenvalue weighted by Crippen LogP contribution is 2.17. The molecule has 23 heavy (non-hydrogen) atoms. The molecule has 0 spiro atoms. The molecule has 0 fully saturated rings. The Labute approximate surface area is 133 Å². The molecule has 0 saturated heterocycles. The van der Waals surface area contributed by atoms with Crippen LogP contribution in [0, 0.1) is 6.92 Å². The second-order valence-electron chi connectivity index (χ2n) is 5.10. The second kappa shape index (κ2) is 6.83. The summed E-state index contributed by atoms with van der Waals surface area (Å²) in [6.45, 7) is 1.95. The number of pyridine rings is 1. The SMILES string of the molecule is Cc1ccccc1NC(=O)CCc1nnc(-c2ccncc2)o1. The van der Waals surface area contributed by atoms with Gasteiger partial charge in [0.05, 0.1) is 0 Å². The Hall–Kier alpha value is -3.02. The van der Waals surface area contributed by atoms with E-state index in [1.165, 1.54) is 0 Å². The van der Waals surface area contributed by atoms with Crippen molar-refractivity contribution in [3.63, 3.8) is 0 Å². The maximum Gasteiger partial charge on any atom is 0.247 e. The lowest BCUT2D eigenvalue weighted by atomic mass is 10.2. The van der Waals surface area contributed by atoms with Crippen LogP contribution in [0.15, 0.2) is 53.2 Å². The molecule has 0 aliphatic rings. The van der Waals surface area contributed by atoms with Crippen LogP contribution in [0.3, 0.4) is 0 Å². The fourth-order valence-corrected chi connectivity index (χ4v) is 2.11. The second-order valence-corrected chi connectivity index (χ2v) is 5.10. The van der Waals surface area contributed by atoms with Gasteiger partial charge < -0.3 is 9.73 Å². The van der Waals surface area contributed by atoms with Gasteiger partial charge in [0, 0.05) is 36.5 Å². The number of aryl methyl sites for hydroxylation is 2. The first-order chi connectivity index (χ1) is 11.2. The molecule has 6 nitrogen and oxygen atoms in total. The molecule has 0 saturated carbocycles. The van der Waals surface area contributed by atoms with Crippen LogP contribution in [0.2, 0.25) is 0 Å². The molecule has 2 heterocycles. The van der Waals surface area contributed by atoms with Gasteiger partial charge in [-0.3, -0.25) is 9.78 Å². The van der Waals surface area contributed by atoms with Gasteiger partial charge in [-0.1, -0.05) is 18.2 Å². The van der Waals surface area contributed by atoms with Gasteiger partial charge >= 0.3 is 0 Å². The number of carbonyl (C=O) groups excluding carboxylic acids is 1. The average Bonchev–Trinajstić information content (AvgIpc) is 3.05. The van der Waals surface area contributed by atoms with E-state index in [-0.39, 0.29) is 12.3 Å². The quantitative estimate of drug-likeness (QED) is 0.783. The molecule has 0 aliphatic heterocycles. The topological polar surface area (TPSA) is 80.9 Å². The van der Waals surface area contributed by atoms with E-state index in [1.807, 2.05) is 31.2 Å². The normalized spacial score (nSPS) is 10.5. The maximum atomic E-state index is 12.0. The fourth-order valence-electron chi connectivity index (χ4n) is 2.11. The molecular formula is C17H16N4O2. The van der Waals surface area contributed by atoms with Crippen molar-refractivity contribution in [2.75, 3.05) is 5.32 Å². The van der Waals surface area contributed by atoms with Crippen LogP contribution in [0.1, 0.15) is 17.9 Å². The summed E-state index contributed by atoms with van der Waals surface area (Å²) >= 11 is 0. The van der Waals surface area contributed by atoms with Crippen molar-refractivity contribution in [2.24, 2.45) is 0 Å². The first kappa shape index (κ1) is 14.9. The molecule has 1 aromatic carbocycles. The lowest BCUT2D eigenvalue weighted by Crippen LogP contribution is -2.13. The summed E-state index contributed by atoms with van der Waals surface area (Å²) in [5, 5.41) is 10.8. The summed E-state index contributed by atoms with van der Waals surface area (Å²) in [6, 6.07) is 11.2. The van der Waals surface area contributed by atoms with Gasteiger partial charge in [-0.15, -0.1) is 10.2 Å². The zero-order valence-corrected chi connectivity index (χ0v) is 12.7. The zero-order chi connectivity index (χ0) is 16.1. The smallest absolute Gasteiger partial charge is 0.247 e. The third-order valence-corrected chi connectivity index (χ3v) is 3.38. The molecule has 0 atom stereocenters. The highest BCUT2D eigenvalue weighted by molar-refractivity contribution is 5.91. The predicted octanol–water partition coefficient (Wildman–Crippen LogP) is 3.01. The van der Waals surface area contributed by atoms with E-state index in [0.29, 0.717) is 18.2 Å². The molecule has 3 aromatic rings. The van der Waals surface area contributed by atoms with E-state index in [2.05, 4.69) is 20.5 Å². The van der Waals surface area contributed by atoms with Crippen LogP contribution < -0.4 is 5.32 Å². The number of aromatic nitrogens is 3. The summed E-state index contributed by atoms with van der Waals surface area (Å²) < 4.78 is 5.56. The van der Waals surface area contributed by atoms with Crippen molar-refractivity contribution < 1.29 is 9.21 Å². The summed E-state index contributed by atoms with van der Waals surface area (Å²) in [5.74, 6) is 0.793. The third kappa shape index (κ3) is 3.79. The van der Waals surface area contributed by atoms with Gasteiger partial charge in [-0.25, -0.2) is 0 Å². The van der Waals surface area contributed by atoms with Crippen LogP contribution in [-0.2, 0) is 11.2 Å². The van der Waals surface area contributed by atoms with Crippen LogP contribution >= 0.6 is 0 Å². The molecule has 116 valence electrons. The molecule has 1 N–H and O–H groups in total. The minimum absolute atomic E-state index is 0.0806. The van der Waals surface area contributed by atoms with Crippen LogP contribution in [0.25, 0.3) is 11.5 Å². The molecule has 0 radical (unpaired) electrons. The fraction of sp³-hybridized carbons (Fsp3) is 0.176. The average molecular weight is 308 g/mol. The lowest BCUT2D eigenvalue weighted by Gasteiger charge is -2.06. The van der Waals surface area contributed by atoms with Crippen LogP contribution in [0.5, 0.6) is 0 Å². The van der Waals surface area contributed by atoms with Crippen LogP contribution in [-0.4, -0.2) is 21.1 Å². The number of nitrogens with zero attached hydrogens (tertiary/aromatic N) is 3. The van der Waals surface area contributed by atoms with Crippen molar-refractivity contribution >= 4 is 11.6 Å². The number of anilines is 1. The minimum atomic E-state index is -0.0806. The van der Waals surface area contributed by atoms with Gasteiger partial charge in [0.1, 0.15) is 0 Å². The van der Waals surface area contributed by atoms with E-state index in [1.54, 1.807) is 24.5 Å².